The van der Waals surface area contributed by atoms with Crippen LogP contribution in [-0.2, 0) is 9.53 Å². The van der Waals surface area contributed by atoms with Crippen molar-refractivity contribution in [2.24, 2.45) is 0 Å². The Bertz CT molecular complexity index is 750. The highest BCUT2D eigenvalue weighted by atomic mass is 32.2. The molecule has 2 heterocycles. The standard InChI is InChI=1S/C19H20N2O2S/c1-13-10-21(17(11-23-13)14-5-3-2-4-6-14)15-7-8-18-16(9-15)20-19(22)12-24-18/h2-9,13,17H,10-12H2,1H3,(H,20,22)/t13-,17+/m1/s1. The number of hydrogen-bond acceptors (Lipinski definition) is 4. The molecule has 0 radical (unpaired) electrons. The third kappa shape index (κ3) is 3.01. The van der Waals surface area contributed by atoms with E-state index in [1.165, 1.54) is 5.56 Å². The summed E-state index contributed by atoms with van der Waals surface area (Å²) in [6.07, 6.45) is 0.185. The molecule has 2 aromatic rings. The average molecular weight is 340 g/mol. The van der Waals surface area contributed by atoms with E-state index < -0.39 is 0 Å². The number of nitrogens with one attached hydrogen (secondary N) is 1. The molecule has 4 nitrogen and oxygen atoms in total. The number of fused-ring (bicyclic) bond motifs is 1. The van der Waals surface area contributed by atoms with Gasteiger partial charge in [-0.25, -0.2) is 0 Å². The number of morpholine rings is 1. The van der Waals surface area contributed by atoms with Crippen LogP contribution in [0, 0.1) is 0 Å². The zero-order chi connectivity index (χ0) is 16.5. The minimum atomic E-state index is 0.0691. The number of hydrogen-bond donors (Lipinski definition) is 1. The number of amides is 1. The van der Waals surface area contributed by atoms with Crippen LogP contribution in [0.4, 0.5) is 11.4 Å². The van der Waals surface area contributed by atoms with Gasteiger partial charge >= 0.3 is 0 Å². The summed E-state index contributed by atoms with van der Waals surface area (Å²) in [5.41, 5.74) is 3.29. The number of nitrogens with zero attached hydrogens (tertiary/aromatic N) is 1. The lowest BCUT2D eigenvalue weighted by molar-refractivity contribution is -0.113. The Morgan fingerprint density at radius 3 is 2.88 bits per heavy atom. The molecule has 0 bridgehead atoms. The van der Waals surface area contributed by atoms with Gasteiger partial charge < -0.3 is 15.0 Å². The number of carbonyl (C=O) groups is 1. The molecule has 124 valence electrons. The first-order valence-corrected chi connectivity index (χ1v) is 9.19. The summed E-state index contributed by atoms with van der Waals surface area (Å²) >= 11 is 1.59. The van der Waals surface area contributed by atoms with E-state index in [0.29, 0.717) is 12.4 Å². The number of thioether (sulfide) groups is 1. The molecule has 5 heteroatoms. The zero-order valence-electron chi connectivity index (χ0n) is 13.6. The molecule has 1 fully saturated rings. The molecule has 2 aliphatic heterocycles. The maximum atomic E-state index is 11.7. The van der Waals surface area contributed by atoms with Crippen molar-refractivity contribution < 1.29 is 9.53 Å². The lowest BCUT2D eigenvalue weighted by Gasteiger charge is -2.41. The molecule has 0 aromatic heterocycles. The minimum Gasteiger partial charge on any atom is -0.374 e. The van der Waals surface area contributed by atoms with Gasteiger partial charge in [0.25, 0.3) is 0 Å². The average Bonchev–Trinajstić information content (AvgIpc) is 2.61. The summed E-state index contributed by atoms with van der Waals surface area (Å²) < 4.78 is 5.91. The molecule has 4 rings (SSSR count). The number of carbonyl (C=O) groups excluding carboxylic acids is 1. The Labute approximate surface area is 146 Å². The summed E-state index contributed by atoms with van der Waals surface area (Å²) in [5, 5.41) is 2.99. The van der Waals surface area contributed by atoms with Gasteiger partial charge in [-0.3, -0.25) is 4.79 Å². The quantitative estimate of drug-likeness (QED) is 0.905. The van der Waals surface area contributed by atoms with Crippen LogP contribution >= 0.6 is 11.8 Å². The van der Waals surface area contributed by atoms with Crippen LogP contribution in [0.3, 0.4) is 0 Å². The summed E-state index contributed by atoms with van der Waals surface area (Å²) in [5.74, 6) is 0.563. The van der Waals surface area contributed by atoms with Crippen molar-refractivity contribution in [3.63, 3.8) is 0 Å². The van der Waals surface area contributed by atoms with Gasteiger partial charge in [0.05, 0.1) is 30.2 Å². The van der Waals surface area contributed by atoms with E-state index in [-0.39, 0.29) is 18.1 Å². The largest absolute Gasteiger partial charge is 0.374 e. The second-order valence-electron chi connectivity index (χ2n) is 6.24. The van der Waals surface area contributed by atoms with Gasteiger partial charge in [-0.15, -0.1) is 11.8 Å². The van der Waals surface area contributed by atoms with E-state index in [4.69, 9.17) is 4.74 Å². The second kappa shape index (κ2) is 6.49. The molecule has 1 amide bonds. The lowest BCUT2D eigenvalue weighted by Crippen LogP contribution is -2.43. The molecule has 0 aliphatic carbocycles. The van der Waals surface area contributed by atoms with Crippen LogP contribution in [0.15, 0.2) is 53.4 Å². The maximum Gasteiger partial charge on any atom is 0.234 e. The Morgan fingerprint density at radius 1 is 1.21 bits per heavy atom. The fraction of sp³-hybridized carbons (Fsp3) is 0.316. The van der Waals surface area contributed by atoms with Crippen molar-refractivity contribution in [2.75, 3.05) is 29.1 Å². The first kappa shape index (κ1) is 15.5. The van der Waals surface area contributed by atoms with Gasteiger partial charge in [-0.2, -0.15) is 0 Å². The molecular weight excluding hydrogens is 320 g/mol. The molecule has 0 unspecified atom stereocenters. The first-order valence-electron chi connectivity index (χ1n) is 8.20. The van der Waals surface area contributed by atoms with Crippen LogP contribution in [0.25, 0.3) is 0 Å². The number of benzene rings is 2. The van der Waals surface area contributed by atoms with Crippen molar-refractivity contribution in [3.8, 4) is 0 Å². The van der Waals surface area contributed by atoms with E-state index in [1.807, 2.05) is 6.07 Å². The smallest absolute Gasteiger partial charge is 0.234 e. The van der Waals surface area contributed by atoms with Crippen molar-refractivity contribution in [1.29, 1.82) is 0 Å². The molecule has 2 aliphatic rings. The van der Waals surface area contributed by atoms with Crippen LogP contribution in [0.2, 0.25) is 0 Å². The number of anilines is 2. The van der Waals surface area contributed by atoms with Gasteiger partial charge in [0, 0.05) is 17.1 Å². The summed E-state index contributed by atoms with van der Waals surface area (Å²) in [6.45, 7) is 3.60. The predicted molar refractivity (Wildman–Crippen MR) is 97.7 cm³/mol. The van der Waals surface area contributed by atoms with E-state index in [9.17, 15) is 4.79 Å². The minimum absolute atomic E-state index is 0.0691. The Hall–Kier alpha value is -1.98. The third-order valence-corrected chi connectivity index (χ3v) is 5.55. The van der Waals surface area contributed by atoms with E-state index in [0.717, 1.165) is 22.8 Å². The highest BCUT2D eigenvalue weighted by molar-refractivity contribution is 8.00. The van der Waals surface area contributed by atoms with Gasteiger partial charge in [0.1, 0.15) is 0 Å². The fourth-order valence-electron chi connectivity index (χ4n) is 3.29. The Kier molecular flexibility index (Phi) is 4.21. The van der Waals surface area contributed by atoms with E-state index in [1.54, 1.807) is 11.8 Å². The van der Waals surface area contributed by atoms with Crippen molar-refractivity contribution >= 4 is 29.0 Å². The van der Waals surface area contributed by atoms with Gasteiger partial charge in [-0.1, -0.05) is 30.3 Å². The topological polar surface area (TPSA) is 41.6 Å². The summed E-state index contributed by atoms with van der Waals surface area (Å²) in [7, 11) is 0. The normalized spacial score (nSPS) is 23.5. The monoisotopic (exact) mass is 340 g/mol. The number of rotatable bonds is 2. The van der Waals surface area contributed by atoms with Gasteiger partial charge in [0.15, 0.2) is 0 Å². The summed E-state index contributed by atoms with van der Waals surface area (Å²) in [6, 6.07) is 17.0. The molecule has 2 aromatic carbocycles. The summed E-state index contributed by atoms with van der Waals surface area (Å²) in [4.78, 5) is 15.2. The molecule has 1 N–H and O–H groups in total. The van der Waals surface area contributed by atoms with Crippen molar-refractivity contribution in [2.45, 2.75) is 24.0 Å². The van der Waals surface area contributed by atoms with Crippen molar-refractivity contribution in [1.82, 2.24) is 0 Å². The molecular formula is C19H20N2O2S. The molecule has 2 atom stereocenters. The van der Waals surface area contributed by atoms with Gasteiger partial charge in [0.2, 0.25) is 5.91 Å². The van der Waals surface area contributed by atoms with Crippen LogP contribution in [0.5, 0.6) is 0 Å². The Balaban J connectivity index is 1.69. The second-order valence-corrected chi connectivity index (χ2v) is 7.26. The zero-order valence-corrected chi connectivity index (χ0v) is 14.4. The van der Waals surface area contributed by atoms with E-state index in [2.05, 4.69) is 59.6 Å². The molecule has 1 saturated heterocycles. The molecule has 0 saturated carbocycles. The highest BCUT2D eigenvalue weighted by Gasteiger charge is 2.29. The first-order chi connectivity index (χ1) is 11.7. The van der Waals surface area contributed by atoms with Crippen LogP contribution in [0.1, 0.15) is 18.5 Å². The predicted octanol–water partition coefficient (Wildman–Crippen LogP) is 3.70. The van der Waals surface area contributed by atoms with Crippen LogP contribution in [-0.4, -0.2) is 30.9 Å². The molecule has 0 spiro atoms. The van der Waals surface area contributed by atoms with Crippen molar-refractivity contribution in [3.05, 3.63) is 54.1 Å². The number of ether oxygens (including phenoxy) is 1. The third-order valence-electron chi connectivity index (χ3n) is 4.48. The lowest BCUT2D eigenvalue weighted by atomic mass is 10.0. The van der Waals surface area contributed by atoms with Gasteiger partial charge in [-0.05, 0) is 30.7 Å². The van der Waals surface area contributed by atoms with Crippen LogP contribution < -0.4 is 10.2 Å². The SMILES string of the molecule is C[C@@H]1CN(c2ccc3c(c2)NC(=O)CS3)[C@H](c2ccccc2)CO1. The fourth-order valence-corrected chi connectivity index (χ4v) is 4.08. The highest BCUT2D eigenvalue weighted by Crippen LogP contribution is 2.38. The maximum absolute atomic E-state index is 11.7. The molecule has 24 heavy (non-hydrogen) atoms. The Morgan fingerprint density at radius 2 is 2.04 bits per heavy atom. The van der Waals surface area contributed by atoms with E-state index >= 15 is 0 Å².